The molecule has 3 atom stereocenters. The van der Waals surface area contributed by atoms with Gasteiger partial charge in [-0.1, -0.05) is 12.1 Å². The maximum absolute atomic E-state index is 14.2. The maximum atomic E-state index is 14.2. The van der Waals surface area contributed by atoms with Gasteiger partial charge in [-0.05, 0) is 55.0 Å². The van der Waals surface area contributed by atoms with Gasteiger partial charge in [-0.25, -0.2) is 14.4 Å². The number of nitrogens with one attached hydrogen (secondary N) is 1. The molecule has 5 rings (SSSR count). The molecule has 0 amide bonds. The fourth-order valence-corrected chi connectivity index (χ4v) is 6.05. The van der Waals surface area contributed by atoms with Crippen LogP contribution in [0.5, 0.6) is 0 Å². The lowest BCUT2D eigenvalue weighted by Crippen LogP contribution is -2.51. The van der Waals surface area contributed by atoms with Crippen molar-refractivity contribution in [3.63, 3.8) is 0 Å². The number of anilines is 1. The molecule has 1 aliphatic heterocycles. The Labute approximate surface area is 180 Å². The van der Waals surface area contributed by atoms with Crippen LogP contribution in [0, 0.1) is 12.7 Å². The molecule has 2 aliphatic rings. The third-order valence-corrected chi connectivity index (χ3v) is 7.27. The van der Waals surface area contributed by atoms with Gasteiger partial charge in [0.05, 0.1) is 5.37 Å². The minimum Gasteiger partial charge on any atom is -0.380 e. The number of aliphatic hydroxyl groups is 1. The zero-order valence-electron chi connectivity index (χ0n) is 16.5. The van der Waals surface area contributed by atoms with Gasteiger partial charge in [0.1, 0.15) is 17.2 Å². The number of aromatic nitrogens is 2. The summed E-state index contributed by atoms with van der Waals surface area (Å²) in [6, 6.07) is 8.21. The zero-order chi connectivity index (χ0) is 22.0. The molecule has 0 spiro atoms. The first-order chi connectivity index (χ1) is 14.6. The number of aryl methyl sites for hydroxylation is 1. The topological polar surface area (TPSA) is 58.0 Å². The maximum Gasteiger partial charge on any atom is 0.417 e. The summed E-state index contributed by atoms with van der Waals surface area (Å²) in [5.41, 5.74) is -0.456. The van der Waals surface area contributed by atoms with Crippen molar-refractivity contribution in [3.8, 4) is 0 Å². The highest BCUT2D eigenvalue weighted by Crippen LogP contribution is 2.53. The summed E-state index contributed by atoms with van der Waals surface area (Å²) in [5.74, 6) is -0.443. The number of rotatable bonds is 2. The summed E-state index contributed by atoms with van der Waals surface area (Å²) in [4.78, 5) is 9.24. The van der Waals surface area contributed by atoms with Gasteiger partial charge in [-0.15, -0.1) is 11.8 Å². The summed E-state index contributed by atoms with van der Waals surface area (Å²) in [7, 11) is 0. The Morgan fingerprint density at radius 3 is 2.81 bits per heavy atom. The lowest BCUT2D eigenvalue weighted by Gasteiger charge is -2.43. The van der Waals surface area contributed by atoms with Crippen molar-refractivity contribution in [2.75, 3.05) is 5.32 Å². The summed E-state index contributed by atoms with van der Waals surface area (Å²) in [6.07, 6.45) is -3.54. The normalized spacial score (nSPS) is 25.4. The lowest BCUT2D eigenvalue weighted by molar-refractivity contribution is -0.265. The van der Waals surface area contributed by atoms with Crippen molar-refractivity contribution < 1.29 is 22.7 Å². The molecule has 2 heterocycles. The number of benzene rings is 2. The monoisotopic (exact) mass is 449 g/mol. The Kier molecular flexibility index (Phi) is 4.67. The van der Waals surface area contributed by atoms with Gasteiger partial charge in [0.2, 0.25) is 0 Å². The summed E-state index contributed by atoms with van der Waals surface area (Å²) in [6.45, 7) is 1.68. The number of halogens is 4. The molecule has 2 aromatic carbocycles. The van der Waals surface area contributed by atoms with Gasteiger partial charge in [-0.3, -0.25) is 0 Å². The number of nitrogens with zero attached hydrogens (tertiary/aromatic N) is 2. The van der Waals surface area contributed by atoms with Gasteiger partial charge < -0.3 is 10.4 Å². The second-order valence-corrected chi connectivity index (χ2v) is 9.44. The van der Waals surface area contributed by atoms with E-state index in [1.165, 1.54) is 17.8 Å². The molecule has 0 saturated heterocycles. The van der Waals surface area contributed by atoms with E-state index in [1.807, 2.05) is 6.07 Å². The molecule has 4 nitrogen and oxygen atoms in total. The van der Waals surface area contributed by atoms with E-state index in [1.54, 1.807) is 31.3 Å². The van der Waals surface area contributed by atoms with E-state index in [4.69, 9.17) is 0 Å². The molecule has 0 radical (unpaired) electrons. The Morgan fingerprint density at radius 2 is 2.03 bits per heavy atom. The van der Waals surface area contributed by atoms with Crippen LogP contribution in [-0.4, -0.2) is 32.2 Å². The van der Waals surface area contributed by atoms with Gasteiger partial charge in [0.15, 0.2) is 5.60 Å². The Balaban J connectivity index is 1.50. The standard InChI is InChI=1S/C22H19F4N3OS/c1-11-27-10-14-16(6-5-15(23)20(14)28-11)29-18-7-13-9-21(30,22(24,25)26)8-12-3-2-4-17(31-18)19(12)13/h2-6,10,13,18,29-30H,7-9H2,1H3. The average Bonchev–Trinajstić information content (AvgIpc) is 2.69. The Morgan fingerprint density at radius 1 is 1.23 bits per heavy atom. The molecule has 0 bridgehead atoms. The molecule has 0 saturated carbocycles. The fourth-order valence-electron chi connectivity index (χ4n) is 4.65. The van der Waals surface area contributed by atoms with Crippen LogP contribution in [0.4, 0.5) is 23.2 Å². The van der Waals surface area contributed by atoms with Crippen LogP contribution in [0.15, 0.2) is 41.4 Å². The van der Waals surface area contributed by atoms with E-state index >= 15 is 0 Å². The van der Waals surface area contributed by atoms with Crippen LogP contribution in [0.1, 0.15) is 35.7 Å². The van der Waals surface area contributed by atoms with E-state index in [-0.39, 0.29) is 17.3 Å². The van der Waals surface area contributed by atoms with Gasteiger partial charge in [-0.2, -0.15) is 13.2 Å². The van der Waals surface area contributed by atoms with Crippen LogP contribution in [0.3, 0.4) is 0 Å². The highest BCUT2D eigenvalue weighted by atomic mass is 32.2. The van der Waals surface area contributed by atoms with Crippen LogP contribution in [0.25, 0.3) is 10.9 Å². The van der Waals surface area contributed by atoms with Crippen molar-refractivity contribution in [3.05, 3.63) is 59.3 Å². The molecular formula is C22H19F4N3OS. The van der Waals surface area contributed by atoms with Crippen molar-refractivity contribution >= 4 is 28.4 Å². The minimum atomic E-state index is -4.70. The molecule has 9 heteroatoms. The Bertz CT molecular complexity index is 1190. The molecule has 162 valence electrons. The molecule has 1 aromatic heterocycles. The van der Waals surface area contributed by atoms with E-state index < -0.39 is 29.9 Å². The highest BCUT2D eigenvalue weighted by Gasteiger charge is 2.57. The first-order valence-electron chi connectivity index (χ1n) is 9.90. The summed E-state index contributed by atoms with van der Waals surface area (Å²) < 4.78 is 55.1. The molecule has 3 unspecified atom stereocenters. The van der Waals surface area contributed by atoms with Crippen LogP contribution in [-0.2, 0) is 6.42 Å². The lowest BCUT2D eigenvalue weighted by atomic mass is 9.72. The average molecular weight is 449 g/mol. The second kappa shape index (κ2) is 7.06. The number of hydrogen-bond donors (Lipinski definition) is 2. The van der Waals surface area contributed by atoms with E-state index in [9.17, 15) is 22.7 Å². The van der Waals surface area contributed by atoms with Crippen LogP contribution in [0.2, 0.25) is 0 Å². The van der Waals surface area contributed by atoms with Crippen molar-refractivity contribution in [2.24, 2.45) is 0 Å². The molecular weight excluding hydrogens is 430 g/mol. The third-order valence-electron chi connectivity index (χ3n) is 6.07. The van der Waals surface area contributed by atoms with Gasteiger partial charge in [0, 0.05) is 28.6 Å². The SMILES string of the molecule is Cc1ncc2c(NC3CC4CC(O)(C(F)(F)F)Cc5cccc(c54)S3)ccc(F)c2n1. The highest BCUT2D eigenvalue weighted by molar-refractivity contribution is 8.00. The molecule has 31 heavy (non-hydrogen) atoms. The molecule has 3 aromatic rings. The van der Waals surface area contributed by atoms with Crippen LogP contribution >= 0.6 is 11.8 Å². The molecule has 0 fully saturated rings. The van der Waals surface area contributed by atoms with Gasteiger partial charge >= 0.3 is 6.18 Å². The molecule has 2 N–H and O–H groups in total. The quantitative estimate of drug-likeness (QED) is 0.518. The predicted molar refractivity (Wildman–Crippen MR) is 111 cm³/mol. The predicted octanol–water partition coefficient (Wildman–Crippen LogP) is 5.33. The van der Waals surface area contributed by atoms with Crippen LogP contribution < -0.4 is 5.32 Å². The third kappa shape index (κ3) is 3.43. The summed E-state index contributed by atoms with van der Waals surface area (Å²) in [5, 5.41) is 14.0. The zero-order valence-corrected chi connectivity index (χ0v) is 17.3. The summed E-state index contributed by atoms with van der Waals surface area (Å²) >= 11 is 1.53. The first-order valence-corrected chi connectivity index (χ1v) is 10.8. The minimum absolute atomic E-state index is 0.199. The largest absolute Gasteiger partial charge is 0.417 e. The smallest absolute Gasteiger partial charge is 0.380 e. The first kappa shape index (κ1) is 20.5. The number of alkyl halides is 3. The van der Waals surface area contributed by atoms with Crippen molar-refractivity contribution in [1.82, 2.24) is 9.97 Å². The number of hydrogen-bond acceptors (Lipinski definition) is 5. The second-order valence-electron chi connectivity index (χ2n) is 8.20. The van der Waals surface area contributed by atoms with Crippen molar-refractivity contribution in [1.29, 1.82) is 0 Å². The van der Waals surface area contributed by atoms with Crippen molar-refractivity contribution in [2.45, 2.75) is 54.2 Å². The van der Waals surface area contributed by atoms with E-state index in [0.717, 1.165) is 10.5 Å². The number of thioether (sulfide) groups is 1. The fraction of sp³-hybridized carbons (Fsp3) is 0.364. The van der Waals surface area contributed by atoms with E-state index in [0.29, 0.717) is 28.9 Å². The van der Waals surface area contributed by atoms with Gasteiger partial charge in [0.25, 0.3) is 0 Å². The van der Waals surface area contributed by atoms with E-state index in [2.05, 4.69) is 15.3 Å². The molecule has 1 aliphatic carbocycles. The number of fused-ring (bicyclic) bond motifs is 1. The Hall–Kier alpha value is -2.39.